The van der Waals surface area contributed by atoms with Gasteiger partial charge in [0.05, 0.1) is 4.92 Å². The Kier molecular flexibility index (Phi) is 3.13. The molecular formula is C12H15N3O4. The van der Waals surface area contributed by atoms with Crippen LogP contribution in [0.3, 0.4) is 0 Å². The molecule has 1 aliphatic rings. The predicted octanol–water partition coefficient (Wildman–Crippen LogP) is 1.74. The molecule has 0 aliphatic carbocycles. The van der Waals surface area contributed by atoms with Crippen molar-refractivity contribution in [1.82, 2.24) is 4.98 Å². The van der Waals surface area contributed by atoms with Crippen LogP contribution < -0.4 is 4.90 Å². The Morgan fingerprint density at radius 1 is 1.63 bits per heavy atom. The van der Waals surface area contributed by atoms with Crippen molar-refractivity contribution in [2.45, 2.75) is 32.2 Å². The van der Waals surface area contributed by atoms with E-state index in [0.29, 0.717) is 24.3 Å². The summed E-state index contributed by atoms with van der Waals surface area (Å²) in [5.74, 6) is -0.391. The van der Waals surface area contributed by atoms with Crippen molar-refractivity contribution >= 4 is 17.5 Å². The van der Waals surface area contributed by atoms with Gasteiger partial charge in [-0.1, -0.05) is 0 Å². The van der Waals surface area contributed by atoms with Crippen molar-refractivity contribution in [3.63, 3.8) is 0 Å². The van der Waals surface area contributed by atoms with Gasteiger partial charge >= 0.3 is 5.97 Å². The first-order valence-corrected chi connectivity index (χ1v) is 5.98. The minimum absolute atomic E-state index is 0.0857. The number of carboxylic acids is 1. The van der Waals surface area contributed by atoms with Crippen LogP contribution in [-0.2, 0) is 4.79 Å². The van der Waals surface area contributed by atoms with Crippen molar-refractivity contribution in [1.29, 1.82) is 0 Å². The molecule has 0 radical (unpaired) electrons. The Labute approximate surface area is 110 Å². The zero-order chi connectivity index (χ0) is 14.2. The third kappa shape index (κ3) is 2.11. The van der Waals surface area contributed by atoms with Crippen molar-refractivity contribution in [3.05, 3.63) is 27.9 Å². The van der Waals surface area contributed by atoms with E-state index in [1.54, 1.807) is 18.7 Å². The molecule has 7 nitrogen and oxygen atoms in total. The Hall–Kier alpha value is -2.18. The van der Waals surface area contributed by atoms with Gasteiger partial charge in [0.2, 0.25) is 0 Å². The number of nitro groups is 1. The second-order valence-electron chi connectivity index (χ2n) is 4.93. The molecule has 0 aromatic carbocycles. The fourth-order valence-electron chi connectivity index (χ4n) is 2.46. The normalized spacial score (nSPS) is 22.5. The Morgan fingerprint density at radius 2 is 2.32 bits per heavy atom. The average molecular weight is 265 g/mol. The Balaban J connectivity index is 2.42. The highest BCUT2D eigenvalue weighted by Crippen LogP contribution is 2.35. The van der Waals surface area contributed by atoms with Gasteiger partial charge in [0.25, 0.3) is 5.69 Å². The molecule has 1 N–H and O–H groups in total. The van der Waals surface area contributed by atoms with Crippen LogP contribution in [0.1, 0.15) is 25.3 Å². The Morgan fingerprint density at radius 3 is 2.84 bits per heavy atom. The average Bonchev–Trinajstić information content (AvgIpc) is 2.72. The molecule has 1 saturated heterocycles. The molecule has 1 aromatic heterocycles. The standard InChI is InChI=1S/C12H15N3O4/c1-8-6-9(15(18)19)7-13-10(8)14-5-3-4-12(14,2)11(16)17/h6-7H,3-5H2,1-2H3,(H,16,17). The largest absolute Gasteiger partial charge is 0.480 e. The fraction of sp³-hybridized carbons (Fsp3) is 0.500. The van der Waals surface area contributed by atoms with Crippen molar-refractivity contribution in [2.24, 2.45) is 0 Å². The summed E-state index contributed by atoms with van der Waals surface area (Å²) in [5, 5.41) is 20.0. The summed E-state index contributed by atoms with van der Waals surface area (Å²) in [6, 6.07) is 1.42. The number of nitrogens with zero attached hydrogens (tertiary/aromatic N) is 3. The van der Waals surface area contributed by atoms with Crippen LogP contribution in [0.2, 0.25) is 0 Å². The number of aryl methyl sites for hydroxylation is 1. The Bertz CT molecular complexity index is 546. The van der Waals surface area contributed by atoms with Crippen LogP contribution in [0.4, 0.5) is 11.5 Å². The zero-order valence-electron chi connectivity index (χ0n) is 10.8. The monoisotopic (exact) mass is 265 g/mol. The van der Waals surface area contributed by atoms with E-state index in [2.05, 4.69) is 4.98 Å². The number of carboxylic acid groups (broad SMARTS) is 1. The highest BCUT2D eigenvalue weighted by molar-refractivity contribution is 5.83. The number of aliphatic carboxylic acids is 1. The predicted molar refractivity (Wildman–Crippen MR) is 68.2 cm³/mol. The van der Waals surface area contributed by atoms with E-state index in [1.807, 2.05) is 0 Å². The molecule has 1 fully saturated rings. The van der Waals surface area contributed by atoms with Gasteiger partial charge < -0.3 is 10.0 Å². The first-order chi connectivity index (χ1) is 8.86. The van der Waals surface area contributed by atoms with Gasteiger partial charge in [-0.05, 0) is 32.3 Å². The summed E-state index contributed by atoms with van der Waals surface area (Å²) in [5.41, 5.74) is -0.463. The van der Waals surface area contributed by atoms with Gasteiger partial charge in [-0.3, -0.25) is 10.1 Å². The highest BCUT2D eigenvalue weighted by atomic mass is 16.6. The van der Waals surface area contributed by atoms with Crippen LogP contribution in [0.15, 0.2) is 12.3 Å². The van der Waals surface area contributed by atoms with Gasteiger partial charge in [0.15, 0.2) is 0 Å². The molecule has 7 heteroatoms. The second kappa shape index (κ2) is 4.49. The van der Waals surface area contributed by atoms with Crippen molar-refractivity contribution in [2.75, 3.05) is 11.4 Å². The van der Waals surface area contributed by atoms with Crippen LogP contribution >= 0.6 is 0 Å². The van der Waals surface area contributed by atoms with E-state index in [1.165, 1.54) is 12.3 Å². The lowest BCUT2D eigenvalue weighted by Gasteiger charge is -2.32. The third-order valence-corrected chi connectivity index (χ3v) is 3.60. The van der Waals surface area contributed by atoms with Gasteiger partial charge in [-0.2, -0.15) is 0 Å². The molecule has 0 amide bonds. The fourth-order valence-corrected chi connectivity index (χ4v) is 2.46. The number of pyridine rings is 1. The van der Waals surface area contributed by atoms with Crippen molar-refractivity contribution < 1.29 is 14.8 Å². The topological polar surface area (TPSA) is 96.6 Å². The summed E-state index contributed by atoms with van der Waals surface area (Å²) in [6.45, 7) is 3.95. The third-order valence-electron chi connectivity index (χ3n) is 3.60. The van der Waals surface area contributed by atoms with Crippen LogP contribution in [0.25, 0.3) is 0 Å². The number of hydrogen-bond donors (Lipinski definition) is 1. The lowest BCUT2D eigenvalue weighted by atomic mass is 9.99. The molecule has 0 saturated carbocycles. The number of carbonyl (C=O) groups is 1. The maximum Gasteiger partial charge on any atom is 0.329 e. The maximum atomic E-state index is 11.4. The van der Waals surface area contributed by atoms with Crippen LogP contribution in [-0.4, -0.2) is 33.1 Å². The lowest BCUT2D eigenvalue weighted by Crippen LogP contribution is -2.48. The van der Waals surface area contributed by atoms with Crippen molar-refractivity contribution in [3.8, 4) is 0 Å². The van der Waals surface area contributed by atoms with Gasteiger partial charge in [0, 0.05) is 12.6 Å². The molecule has 0 bridgehead atoms. The molecule has 2 heterocycles. The molecular weight excluding hydrogens is 250 g/mol. The van der Waals surface area contributed by atoms with Gasteiger partial charge in [0.1, 0.15) is 17.6 Å². The minimum Gasteiger partial charge on any atom is -0.480 e. The molecule has 102 valence electrons. The molecule has 1 aliphatic heterocycles. The van der Waals surface area contributed by atoms with E-state index in [-0.39, 0.29) is 5.69 Å². The van der Waals surface area contributed by atoms with Crippen LogP contribution in [0.5, 0.6) is 0 Å². The number of rotatable bonds is 3. The molecule has 1 unspecified atom stereocenters. The van der Waals surface area contributed by atoms with Gasteiger partial charge in [-0.25, -0.2) is 9.78 Å². The lowest BCUT2D eigenvalue weighted by molar-refractivity contribution is -0.385. The zero-order valence-corrected chi connectivity index (χ0v) is 10.8. The minimum atomic E-state index is -0.992. The number of aromatic nitrogens is 1. The quantitative estimate of drug-likeness (QED) is 0.660. The summed E-state index contributed by atoms with van der Waals surface area (Å²) in [7, 11) is 0. The molecule has 0 spiro atoms. The summed E-state index contributed by atoms with van der Waals surface area (Å²) < 4.78 is 0. The molecule has 2 rings (SSSR count). The molecule has 19 heavy (non-hydrogen) atoms. The number of hydrogen-bond acceptors (Lipinski definition) is 5. The summed E-state index contributed by atoms with van der Waals surface area (Å²) in [6.07, 6.45) is 2.48. The summed E-state index contributed by atoms with van der Waals surface area (Å²) >= 11 is 0. The maximum absolute atomic E-state index is 11.4. The van der Waals surface area contributed by atoms with E-state index in [4.69, 9.17) is 0 Å². The van der Waals surface area contributed by atoms with E-state index >= 15 is 0 Å². The molecule has 1 atom stereocenters. The second-order valence-corrected chi connectivity index (χ2v) is 4.93. The van der Waals surface area contributed by atoms with Gasteiger partial charge in [-0.15, -0.1) is 0 Å². The summed E-state index contributed by atoms with van der Waals surface area (Å²) in [4.78, 5) is 27.4. The van der Waals surface area contributed by atoms with E-state index in [0.717, 1.165) is 6.42 Å². The first-order valence-electron chi connectivity index (χ1n) is 5.98. The SMILES string of the molecule is Cc1cc([N+](=O)[O-])cnc1N1CCCC1(C)C(=O)O. The first kappa shape index (κ1) is 13.3. The highest BCUT2D eigenvalue weighted by Gasteiger charge is 2.44. The smallest absolute Gasteiger partial charge is 0.329 e. The van der Waals surface area contributed by atoms with E-state index in [9.17, 15) is 20.0 Å². The van der Waals surface area contributed by atoms with Crippen LogP contribution in [0, 0.1) is 17.0 Å². The molecule has 1 aromatic rings. The van der Waals surface area contributed by atoms with E-state index < -0.39 is 16.4 Å². The number of anilines is 1.